The summed E-state index contributed by atoms with van der Waals surface area (Å²) >= 11 is 0. The summed E-state index contributed by atoms with van der Waals surface area (Å²) in [4.78, 5) is 2.51. The van der Waals surface area contributed by atoms with Gasteiger partial charge in [0.25, 0.3) is 0 Å². The first-order valence-corrected chi connectivity index (χ1v) is 6.75. The summed E-state index contributed by atoms with van der Waals surface area (Å²) in [5.74, 6) is 0.689. The van der Waals surface area contributed by atoms with E-state index in [2.05, 4.69) is 23.1 Å². The van der Waals surface area contributed by atoms with Crippen LogP contribution in [0.15, 0.2) is 12.4 Å². The molecule has 0 amide bonds. The fourth-order valence-electron chi connectivity index (χ4n) is 2.58. The Morgan fingerprint density at radius 1 is 1.53 bits per heavy atom. The smallest absolute Gasteiger partial charge is 0.0534 e. The highest BCUT2D eigenvalue weighted by Crippen LogP contribution is 2.17. The average Bonchev–Trinajstić information content (AvgIpc) is 2.77. The number of aryl methyl sites for hydroxylation is 1. The third-order valence-electron chi connectivity index (χ3n) is 3.48. The molecule has 2 N–H and O–H groups in total. The summed E-state index contributed by atoms with van der Waals surface area (Å²) in [6.45, 7) is 7.40. The molecule has 0 aromatic carbocycles. The van der Waals surface area contributed by atoms with Crippen LogP contribution in [0.25, 0.3) is 0 Å². The number of nitrogens with two attached hydrogens (primary N) is 1. The number of likely N-dealkylation sites (tertiary alicyclic amines) is 1. The van der Waals surface area contributed by atoms with Crippen LogP contribution in [-0.2, 0) is 13.1 Å². The molecule has 1 atom stereocenters. The van der Waals surface area contributed by atoms with Gasteiger partial charge < -0.3 is 5.73 Å². The molecule has 4 nitrogen and oxygen atoms in total. The van der Waals surface area contributed by atoms with Crippen molar-refractivity contribution in [1.29, 1.82) is 0 Å². The van der Waals surface area contributed by atoms with Gasteiger partial charge in [0.15, 0.2) is 0 Å². The summed E-state index contributed by atoms with van der Waals surface area (Å²) in [5.41, 5.74) is 7.09. The van der Waals surface area contributed by atoms with E-state index in [-0.39, 0.29) is 0 Å². The Balaban J connectivity index is 1.86. The van der Waals surface area contributed by atoms with E-state index in [0.29, 0.717) is 5.92 Å². The number of rotatable bonds is 5. The molecule has 0 radical (unpaired) electrons. The van der Waals surface area contributed by atoms with Crippen LogP contribution >= 0.6 is 0 Å². The molecule has 2 rings (SSSR count). The van der Waals surface area contributed by atoms with E-state index in [9.17, 15) is 0 Å². The number of aromatic nitrogens is 2. The second-order valence-electron chi connectivity index (χ2n) is 5.09. The molecule has 1 aromatic heterocycles. The van der Waals surface area contributed by atoms with Crippen LogP contribution in [-0.4, -0.2) is 34.3 Å². The minimum absolute atomic E-state index is 0.689. The van der Waals surface area contributed by atoms with Crippen molar-refractivity contribution in [3.63, 3.8) is 0 Å². The zero-order valence-corrected chi connectivity index (χ0v) is 10.8. The van der Waals surface area contributed by atoms with Crippen molar-refractivity contribution in [1.82, 2.24) is 14.7 Å². The highest BCUT2D eigenvalue weighted by molar-refractivity contribution is 5.04. The molecule has 17 heavy (non-hydrogen) atoms. The molecule has 0 saturated carbocycles. The minimum Gasteiger partial charge on any atom is -0.330 e. The van der Waals surface area contributed by atoms with Gasteiger partial charge in [-0.1, -0.05) is 6.92 Å². The second kappa shape index (κ2) is 6.17. The largest absolute Gasteiger partial charge is 0.330 e. The van der Waals surface area contributed by atoms with Gasteiger partial charge in [-0.05, 0) is 38.3 Å². The van der Waals surface area contributed by atoms with E-state index in [0.717, 1.165) is 32.6 Å². The van der Waals surface area contributed by atoms with E-state index in [1.54, 1.807) is 0 Å². The van der Waals surface area contributed by atoms with Crippen LogP contribution in [0.3, 0.4) is 0 Å². The molecule has 0 spiro atoms. The molecule has 96 valence electrons. The van der Waals surface area contributed by atoms with Gasteiger partial charge in [-0.3, -0.25) is 9.58 Å². The van der Waals surface area contributed by atoms with E-state index < -0.39 is 0 Å². The Morgan fingerprint density at radius 3 is 3.18 bits per heavy atom. The van der Waals surface area contributed by atoms with Gasteiger partial charge in [0, 0.05) is 31.4 Å². The second-order valence-corrected chi connectivity index (χ2v) is 5.09. The van der Waals surface area contributed by atoms with E-state index >= 15 is 0 Å². The molecule has 0 aliphatic carbocycles. The van der Waals surface area contributed by atoms with Crippen LogP contribution in [0, 0.1) is 5.92 Å². The zero-order chi connectivity index (χ0) is 12.1. The van der Waals surface area contributed by atoms with Gasteiger partial charge in [-0.15, -0.1) is 0 Å². The Labute approximate surface area is 104 Å². The Kier molecular flexibility index (Phi) is 4.57. The SMILES string of the molecule is CCCn1cc(CN2CCCC(CN)C2)cn1. The lowest BCUT2D eigenvalue weighted by Crippen LogP contribution is -2.37. The highest BCUT2D eigenvalue weighted by atomic mass is 15.3. The first kappa shape index (κ1) is 12.6. The number of hydrogen-bond acceptors (Lipinski definition) is 3. The van der Waals surface area contributed by atoms with Crippen LogP contribution in [0.4, 0.5) is 0 Å². The lowest BCUT2D eigenvalue weighted by molar-refractivity contribution is 0.171. The number of piperidine rings is 1. The fourth-order valence-corrected chi connectivity index (χ4v) is 2.58. The first-order chi connectivity index (χ1) is 8.31. The average molecular weight is 236 g/mol. The van der Waals surface area contributed by atoms with Crippen molar-refractivity contribution < 1.29 is 0 Å². The topological polar surface area (TPSA) is 47.1 Å². The molecule has 2 heterocycles. The lowest BCUT2D eigenvalue weighted by atomic mass is 9.98. The third kappa shape index (κ3) is 3.54. The van der Waals surface area contributed by atoms with Gasteiger partial charge in [-0.25, -0.2) is 0 Å². The zero-order valence-electron chi connectivity index (χ0n) is 10.8. The van der Waals surface area contributed by atoms with E-state index in [4.69, 9.17) is 5.73 Å². The summed E-state index contributed by atoms with van der Waals surface area (Å²) in [5, 5.41) is 4.38. The molecule has 1 unspecified atom stereocenters. The van der Waals surface area contributed by atoms with Crippen molar-refractivity contribution >= 4 is 0 Å². The van der Waals surface area contributed by atoms with E-state index in [1.165, 1.54) is 24.9 Å². The first-order valence-electron chi connectivity index (χ1n) is 6.75. The maximum Gasteiger partial charge on any atom is 0.0534 e. The van der Waals surface area contributed by atoms with Gasteiger partial charge in [0.2, 0.25) is 0 Å². The number of nitrogens with zero attached hydrogens (tertiary/aromatic N) is 3. The summed E-state index contributed by atoms with van der Waals surface area (Å²) in [7, 11) is 0. The van der Waals surface area contributed by atoms with Gasteiger partial charge in [0.1, 0.15) is 0 Å². The van der Waals surface area contributed by atoms with E-state index in [1.807, 2.05) is 10.9 Å². The fraction of sp³-hybridized carbons (Fsp3) is 0.769. The standard InChI is InChI=1S/C13H24N4/c1-2-5-17-11-13(8-15-17)10-16-6-3-4-12(7-14)9-16/h8,11-12H,2-7,9-10,14H2,1H3. The van der Waals surface area contributed by atoms with Crippen molar-refractivity contribution in [3.05, 3.63) is 18.0 Å². The predicted molar refractivity (Wildman–Crippen MR) is 69.6 cm³/mol. The molecule has 1 aliphatic rings. The maximum absolute atomic E-state index is 5.76. The Bertz CT molecular complexity index is 334. The molecule has 4 heteroatoms. The Morgan fingerprint density at radius 2 is 2.41 bits per heavy atom. The molecule has 1 aliphatic heterocycles. The molecular weight excluding hydrogens is 212 g/mol. The Hall–Kier alpha value is -0.870. The summed E-state index contributed by atoms with van der Waals surface area (Å²) < 4.78 is 2.04. The van der Waals surface area contributed by atoms with Crippen molar-refractivity contribution in [3.8, 4) is 0 Å². The van der Waals surface area contributed by atoms with Gasteiger partial charge >= 0.3 is 0 Å². The summed E-state index contributed by atoms with van der Waals surface area (Å²) in [6, 6.07) is 0. The van der Waals surface area contributed by atoms with Crippen LogP contribution < -0.4 is 5.73 Å². The third-order valence-corrected chi connectivity index (χ3v) is 3.48. The molecule has 1 fully saturated rings. The normalized spacial score (nSPS) is 21.9. The van der Waals surface area contributed by atoms with Crippen LogP contribution in [0.1, 0.15) is 31.7 Å². The van der Waals surface area contributed by atoms with Crippen LogP contribution in [0.2, 0.25) is 0 Å². The van der Waals surface area contributed by atoms with Crippen molar-refractivity contribution in [2.24, 2.45) is 11.7 Å². The minimum atomic E-state index is 0.689. The summed E-state index contributed by atoms with van der Waals surface area (Å²) in [6.07, 6.45) is 7.89. The molecule has 0 bridgehead atoms. The highest BCUT2D eigenvalue weighted by Gasteiger charge is 2.18. The van der Waals surface area contributed by atoms with Gasteiger partial charge in [-0.2, -0.15) is 5.10 Å². The monoisotopic (exact) mass is 236 g/mol. The predicted octanol–water partition coefficient (Wildman–Crippen LogP) is 1.46. The van der Waals surface area contributed by atoms with Crippen molar-refractivity contribution in [2.45, 2.75) is 39.3 Å². The van der Waals surface area contributed by atoms with Gasteiger partial charge in [0.05, 0.1) is 6.20 Å². The lowest BCUT2D eigenvalue weighted by Gasteiger charge is -2.31. The number of hydrogen-bond donors (Lipinski definition) is 1. The van der Waals surface area contributed by atoms with Crippen molar-refractivity contribution in [2.75, 3.05) is 19.6 Å². The molecular formula is C13H24N4. The quantitative estimate of drug-likeness (QED) is 0.842. The maximum atomic E-state index is 5.76. The molecule has 1 saturated heterocycles. The van der Waals surface area contributed by atoms with Crippen LogP contribution in [0.5, 0.6) is 0 Å². The molecule has 1 aromatic rings.